The molecule has 0 unspecified atom stereocenters. The van der Waals surface area contributed by atoms with Crippen LogP contribution in [0.1, 0.15) is 20.7 Å². The first-order chi connectivity index (χ1) is 9.90. The normalized spacial score (nSPS) is 10.1. The Hall–Kier alpha value is -3.09. The Morgan fingerprint density at radius 3 is 2.48 bits per heavy atom. The molecule has 0 aromatic heterocycles. The van der Waals surface area contributed by atoms with Crippen LogP contribution in [0.25, 0.3) is 0 Å². The van der Waals surface area contributed by atoms with Gasteiger partial charge >= 0.3 is 5.97 Å². The fourth-order valence-corrected chi connectivity index (χ4v) is 1.74. The largest absolute Gasteiger partial charge is 0.508 e. The molecule has 21 heavy (non-hydrogen) atoms. The number of rotatable bonds is 3. The molecule has 0 aliphatic heterocycles. The van der Waals surface area contributed by atoms with Gasteiger partial charge in [-0.05, 0) is 30.3 Å². The smallest absolute Gasteiger partial charge is 0.340 e. The van der Waals surface area contributed by atoms with Crippen LogP contribution < -0.4 is 5.32 Å². The molecule has 108 valence electrons. The number of aromatic carboxylic acids is 1. The number of carboxylic acids is 1. The number of hydrogen-bond donors (Lipinski definition) is 4. The summed E-state index contributed by atoms with van der Waals surface area (Å²) in [4.78, 5) is 23.0. The molecule has 0 heterocycles. The van der Waals surface area contributed by atoms with Crippen molar-refractivity contribution in [1.29, 1.82) is 0 Å². The Balaban J connectivity index is 2.39. The van der Waals surface area contributed by atoms with Crippen molar-refractivity contribution in [1.82, 2.24) is 0 Å². The van der Waals surface area contributed by atoms with Gasteiger partial charge in [0.25, 0.3) is 5.91 Å². The zero-order chi connectivity index (χ0) is 15.6. The number of halogens is 1. The lowest BCUT2D eigenvalue weighted by Crippen LogP contribution is -2.16. The zero-order valence-corrected chi connectivity index (χ0v) is 10.5. The van der Waals surface area contributed by atoms with Crippen LogP contribution >= 0.6 is 0 Å². The predicted octanol–water partition coefficient (Wildman–Crippen LogP) is 2.19. The average Bonchev–Trinajstić information content (AvgIpc) is 2.41. The zero-order valence-electron chi connectivity index (χ0n) is 10.5. The summed E-state index contributed by atoms with van der Waals surface area (Å²) in [5, 5.41) is 30.0. The number of hydrogen-bond acceptors (Lipinski definition) is 4. The van der Waals surface area contributed by atoms with Crippen LogP contribution in [0.3, 0.4) is 0 Å². The van der Waals surface area contributed by atoms with Gasteiger partial charge in [0.1, 0.15) is 22.9 Å². The van der Waals surface area contributed by atoms with Gasteiger partial charge in [0.15, 0.2) is 0 Å². The molecule has 2 aromatic rings. The van der Waals surface area contributed by atoms with Crippen molar-refractivity contribution in [3.63, 3.8) is 0 Å². The molecule has 2 aromatic carbocycles. The van der Waals surface area contributed by atoms with Gasteiger partial charge in [-0.3, -0.25) is 4.79 Å². The first-order valence-electron chi connectivity index (χ1n) is 5.75. The Kier molecular flexibility index (Phi) is 3.75. The summed E-state index contributed by atoms with van der Waals surface area (Å²) in [6.07, 6.45) is 0. The van der Waals surface area contributed by atoms with Crippen molar-refractivity contribution in [2.45, 2.75) is 0 Å². The number of nitrogens with one attached hydrogen (secondary N) is 1. The van der Waals surface area contributed by atoms with Gasteiger partial charge in [0, 0.05) is 0 Å². The van der Waals surface area contributed by atoms with Crippen LogP contribution in [0, 0.1) is 5.82 Å². The Labute approximate surface area is 118 Å². The van der Waals surface area contributed by atoms with E-state index in [1.807, 2.05) is 0 Å². The van der Waals surface area contributed by atoms with Gasteiger partial charge in [0.05, 0.1) is 11.3 Å². The van der Waals surface area contributed by atoms with E-state index in [9.17, 15) is 24.2 Å². The van der Waals surface area contributed by atoms with E-state index in [2.05, 4.69) is 5.32 Å². The molecule has 0 aliphatic carbocycles. The van der Waals surface area contributed by atoms with E-state index in [0.29, 0.717) is 0 Å². The molecular weight excluding hydrogens is 281 g/mol. The number of amides is 1. The van der Waals surface area contributed by atoms with Crippen LogP contribution in [-0.4, -0.2) is 27.2 Å². The Morgan fingerprint density at radius 2 is 1.81 bits per heavy atom. The van der Waals surface area contributed by atoms with E-state index in [0.717, 1.165) is 18.2 Å². The molecule has 0 fully saturated rings. The van der Waals surface area contributed by atoms with Gasteiger partial charge in [-0.15, -0.1) is 0 Å². The molecule has 4 N–H and O–H groups in total. The highest BCUT2D eigenvalue weighted by atomic mass is 19.1. The van der Waals surface area contributed by atoms with E-state index in [1.165, 1.54) is 18.2 Å². The lowest BCUT2D eigenvalue weighted by atomic mass is 10.1. The van der Waals surface area contributed by atoms with Crippen molar-refractivity contribution < 1.29 is 29.3 Å². The van der Waals surface area contributed by atoms with Gasteiger partial charge in [0.2, 0.25) is 0 Å². The molecule has 0 aliphatic rings. The molecule has 1 amide bonds. The number of carboxylic acid groups (broad SMARTS) is 1. The minimum Gasteiger partial charge on any atom is -0.508 e. The summed E-state index contributed by atoms with van der Waals surface area (Å²) in [6.45, 7) is 0. The van der Waals surface area contributed by atoms with Crippen molar-refractivity contribution >= 4 is 17.6 Å². The molecule has 0 bridgehead atoms. The summed E-state index contributed by atoms with van der Waals surface area (Å²) in [6, 6.07) is 6.68. The molecule has 7 heteroatoms. The predicted molar refractivity (Wildman–Crippen MR) is 71.1 cm³/mol. The monoisotopic (exact) mass is 291 g/mol. The van der Waals surface area contributed by atoms with Gasteiger partial charge in [-0.25, -0.2) is 9.18 Å². The second kappa shape index (κ2) is 5.49. The molecular formula is C14H10FNO5. The fraction of sp³-hybridized carbons (Fsp3) is 0. The molecule has 0 saturated heterocycles. The molecule has 0 atom stereocenters. The van der Waals surface area contributed by atoms with Gasteiger partial charge in [-0.2, -0.15) is 0 Å². The summed E-state index contributed by atoms with van der Waals surface area (Å²) in [5.41, 5.74) is -1.21. The number of carbonyl (C=O) groups is 2. The standard InChI is InChI=1S/C14H10FNO5/c15-9-2-1-3-10(12(9)14(20)21)16-13(19)8-6-7(17)4-5-11(8)18/h1-6,17-18H,(H,16,19)(H,20,21). The lowest BCUT2D eigenvalue weighted by molar-refractivity contribution is 0.0693. The number of phenolic OH excluding ortho intramolecular Hbond substituents is 2. The molecule has 0 radical (unpaired) electrons. The number of anilines is 1. The van der Waals surface area contributed by atoms with E-state index >= 15 is 0 Å². The van der Waals surface area contributed by atoms with Crippen LogP contribution in [0.2, 0.25) is 0 Å². The molecule has 6 nitrogen and oxygen atoms in total. The first kappa shape index (κ1) is 14.3. The number of phenols is 2. The third kappa shape index (κ3) is 2.92. The van der Waals surface area contributed by atoms with E-state index in [4.69, 9.17) is 5.11 Å². The number of carbonyl (C=O) groups excluding carboxylic acids is 1. The lowest BCUT2D eigenvalue weighted by Gasteiger charge is -2.10. The molecule has 2 rings (SSSR count). The Morgan fingerprint density at radius 1 is 1.10 bits per heavy atom. The third-order valence-electron chi connectivity index (χ3n) is 2.70. The minimum absolute atomic E-state index is 0.254. The minimum atomic E-state index is -1.54. The Bertz CT molecular complexity index is 729. The maximum absolute atomic E-state index is 13.5. The van der Waals surface area contributed by atoms with Crippen LogP contribution in [0.4, 0.5) is 10.1 Å². The topological polar surface area (TPSA) is 107 Å². The summed E-state index contributed by atoms with van der Waals surface area (Å²) < 4.78 is 13.5. The SMILES string of the molecule is O=C(Nc1cccc(F)c1C(=O)O)c1cc(O)ccc1O. The summed E-state index contributed by atoms with van der Waals surface area (Å²) in [5.74, 6) is -4.07. The van der Waals surface area contributed by atoms with Gasteiger partial charge in [-0.1, -0.05) is 6.07 Å². The first-order valence-corrected chi connectivity index (χ1v) is 5.75. The molecule has 0 saturated carbocycles. The van der Waals surface area contributed by atoms with Crippen LogP contribution in [0.15, 0.2) is 36.4 Å². The highest BCUT2D eigenvalue weighted by Crippen LogP contribution is 2.25. The maximum Gasteiger partial charge on any atom is 0.340 e. The highest BCUT2D eigenvalue weighted by Gasteiger charge is 2.19. The van der Waals surface area contributed by atoms with Gasteiger partial charge < -0.3 is 20.6 Å². The van der Waals surface area contributed by atoms with E-state index in [1.54, 1.807) is 0 Å². The fourth-order valence-electron chi connectivity index (χ4n) is 1.74. The number of aromatic hydroxyl groups is 2. The second-order valence-corrected chi connectivity index (χ2v) is 4.12. The maximum atomic E-state index is 13.5. The van der Waals surface area contributed by atoms with E-state index in [-0.39, 0.29) is 17.0 Å². The van der Waals surface area contributed by atoms with Crippen LogP contribution in [0.5, 0.6) is 11.5 Å². The quantitative estimate of drug-likeness (QED) is 0.648. The van der Waals surface area contributed by atoms with Crippen molar-refractivity contribution in [2.75, 3.05) is 5.32 Å². The number of benzene rings is 2. The summed E-state index contributed by atoms with van der Waals surface area (Å²) >= 11 is 0. The van der Waals surface area contributed by atoms with Crippen LogP contribution in [-0.2, 0) is 0 Å². The van der Waals surface area contributed by atoms with E-state index < -0.39 is 29.0 Å². The van der Waals surface area contributed by atoms with Crippen molar-refractivity contribution in [3.05, 3.63) is 53.3 Å². The van der Waals surface area contributed by atoms with Crippen molar-refractivity contribution in [3.8, 4) is 11.5 Å². The third-order valence-corrected chi connectivity index (χ3v) is 2.70. The molecule has 0 spiro atoms. The second-order valence-electron chi connectivity index (χ2n) is 4.12. The average molecular weight is 291 g/mol. The summed E-state index contributed by atoms with van der Waals surface area (Å²) in [7, 11) is 0. The van der Waals surface area contributed by atoms with Crippen molar-refractivity contribution in [2.24, 2.45) is 0 Å². The highest BCUT2D eigenvalue weighted by molar-refractivity contribution is 6.09.